The van der Waals surface area contributed by atoms with Gasteiger partial charge in [-0.1, -0.05) is 53.4 Å². The number of hydrogen-bond donors (Lipinski definition) is 0. The summed E-state index contributed by atoms with van der Waals surface area (Å²) in [6.07, 6.45) is 19.7. The molecule has 4 atom stereocenters. The van der Waals surface area contributed by atoms with Gasteiger partial charge in [-0.15, -0.1) is 0 Å². The average Bonchev–Trinajstić information content (AvgIpc) is 3.16. The van der Waals surface area contributed by atoms with E-state index in [0.717, 1.165) is 12.5 Å². The first kappa shape index (κ1) is 58.7. The van der Waals surface area contributed by atoms with Crippen LogP contribution in [0.25, 0.3) is 0 Å². The van der Waals surface area contributed by atoms with E-state index in [4.69, 9.17) is 18.3 Å². The Morgan fingerprint density at radius 1 is 0.820 bits per heavy atom. The number of unbranched alkanes of at least 4 members (excludes halogenated alkanes) is 3. The van der Waals surface area contributed by atoms with Gasteiger partial charge in [0.05, 0.1) is 0 Å². The number of nitrogens with zero attached hydrogens (tertiary/aromatic N) is 1. The summed E-state index contributed by atoms with van der Waals surface area (Å²) in [6.45, 7) is 42.4. The van der Waals surface area contributed by atoms with Crippen molar-refractivity contribution in [2.24, 2.45) is 5.92 Å². The van der Waals surface area contributed by atoms with E-state index in [1.807, 2.05) is 25.1 Å². The maximum absolute atomic E-state index is 13.9. The summed E-state index contributed by atoms with van der Waals surface area (Å²) in [6, 6.07) is 6.77. The standard InChI is InChI=1S/C38H68NO5SSi3.3C4H9.Sn/c1-17-32(43-47(13,14)37(4,5)6)23-21-30(2)22-24-33(42-29-41-26-27-46(10,11)12)28-34(44-48(15,16)38(7,8)9)31(3)36(40)45-35-20-18-19-25-39-35;3*1-3-4-2;/h1,17-22,24-25,31-34H,23,26-29H2,2-16H3;3*1,3-4H2,2H3;/b17-1?,24-22+,30-21+;;;;/t31-,32-,33-,34-;;;;/m1..../s1. The molecule has 1 rings (SSSR count). The van der Waals surface area contributed by atoms with Gasteiger partial charge in [-0.05, 0) is 48.1 Å². The van der Waals surface area contributed by atoms with Gasteiger partial charge in [-0.3, -0.25) is 4.79 Å². The zero-order valence-corrected chi connectivity index (χ0v) is 49.5. The van der Waals surface area contributed by atoms with Crippen LogP contribution in [0.2, 0.25) is 75.3 Å². The molecule has 1 heterocycles. The van der Waals surface area contributed by atoms with E-state index in [-0.39, 0.29) is 46.2 Å². The fourth-order valence-electron chi connectivity index (χ4n) is 6.54. The third-order valence-corrected chi connectivity index (χ3v) is 39.0. The summed E-state index contributed by atoms with van der Waals surface area (Å²) in [5.41, 5.74) is 1.18. The van der Waals surface area contributed by atoms with E-state index < -0.39 is 43.1 Å². The molecule has 6 nitrogen and oxygen atoms in total. The van der Waals surface area contributed by atoms with E-state index in [1.54, 1.807) is 6.20 Å². The third-order valence-electron chi connectivity index (χ3n) is 13.1. The number of allylic oxidation sites excluding steroid dienone is 2. The molecule has 352 valence electrons. The van der Waals surface area contributed by atoms with Crippen molar-refractivity contribution in [3.05, 3.63) is 58.4 Å². The Kier molecular flexibility index (Phi) is 26.9. The van der Waals surface area contributed by atoms with Crippen molar-refractivity contribution < 1.29 is 23.1 Å². The van der Waals surface area contributed by atoms with Gasteiger partial charge in [-0.25, -0.2) is 4.98 Å². The van der Waals surface area contributed by atoms with Gasteiger partial charge in [0.1, 0.15) is 5.03 Å². The quantitative estimate of drug-likeness (QED) is 0.0250. The first-order valence-corrected chi connectivity index (χ1v) is 42.0. The van der Waals surface area contributed by atoms with Gasteiger partial charge < -0.3 is 0 Å². The molecular weight excluding hydrogens is 930 g/mol. The number of hydrogen-bond acceptors (Lipinski definition) is 7. The number of carbonyl (C=O) groups is 1. The summed E-state index contributed by atoms with van der Waals surface area (Å²) < 4.78 is 34.2. The number of ether oxygens (including phenoxy) is 2. The van der Waals surface area contributed by atoms with Crippen molar-refractivity contribution in [2.75, 3.05) is 13.4 Å². The van der Waals surface area contributed by atoms with Crippen LogP contribution < -0.4 is 0 Å². The van der Waals surface area contributed by atoms with Crippen LogP contribution in [-0.4, -0.2) is 84.9 Å². The van der Waals surface area contributed by atoms with E-state index in [0.29, 0.717) is 18.1 Å². The predicted octanol–water partition coefficient (Wildman–Crippen LogP) is 16.0. The van der Waals surface area contributed by atoms with Crippen LogP contribution in [0.4, 0.5) is 0 Å². The van der Waals surface area contributed by atoms with Crippen LogP contribution in [0, 0.1) is 5.92 Å². The Hall–Kier alpha value is -0.321. The Bertz CT molecular complexity index is 1440. The molecule has 61 heavy (non-hydrogen) atoms. The first-order valence-electron chi connectivity index (χ1n) is 23.9. The van der Waals surface area contributed by atoms with Crippen molar-refractivity contribution in [3.63, 3.8) is 0 Å². The predicted molar refractivity (Wildman–Crippen MR) is 278 cm³/mol. The molecule has 0 unspecified atom stereocenters. The number of pyridine rings is 1. The molecule has 0 aliphatic heterocycles. The Morgan fingerprint density at radius 3 is 1.87 bits per heavy atom. The number of aromatic nitrogens is 1. The van der Waals surface area contributed by atoms with Crippen LogP contribution in [0.1, 0.15) is 128 Å². The van der Waals surface area contributed by atoms with E-state index in [9.17, 15) is 4.79 Å². The van der Waals surface area contributed by atoms with Gasteiger partial charge >= 0.3 is 241 Å². The molecule has 0 aromatic carbocycles. The van der Waals surface area contributed by atoms with Crippen LogP contribution in [-0.2, 0) is 23.1 Å². The molecule has 11 heteroatoms. The molecule has 1 aromatic rings. The normalized spacial score (nSPS) is 16.1. The van der Waals surface area contributed by atoms with Crippen LogP contribution in [0.5, 0.6) is 0 Å². The van der Waals surface area contributed by atoms with E-state index in [2.05, 4.69) is 148 Å². The van der Waals surface area contributed by atoms with Gasteiger partial charge in [0.25, 0.3) is 0 Å². The molecule has 0 N–H and O–H groups in total. The molecule has 0 aliphatic carbocycles. The first-order chi connectivity index (χ1) is 28.2. The van der Waals surface area contributed by atoms with Crippen LogP contribution in [0.3, 0.4) is 0 Å². The fourth-order valence-corrected chi connectivity index (χ4v) is 25.2. The van der Waals surface area contributed by atoms with Gasteiger partial charge in [0.15, 0.2) is 13.4 Å². The second-order valence-electron chi connectivity index (χ2n) is 22.1. The molecule has 0 saturated carbocycles. The van der Waals surface area contributed by atoms with Crippen molar-refractivity contribution in [1.29, 1.82) is 0 Å². The second-order valence-corrected chi connectivity index (χ2v) is 51.2. The minimum absolute atomic E-state index is 0.0173. The van der Waals surface area contributed by atoms with Crippen LogP contribution >= 0.6 is 11.8 Å². The van der Waals surface area contributed by atoms with Crippen LogP contribution in [0.15, 0.2) is 63.4 Å². The summed E-state index contributed by atoms with van der Waals surface area (Å²) in [5.74, 6) is -0.366. The topological polar surface area (TPSA) is 66.9 Å². The van der Waals surface area contributed by atoms with Crippen molar-refractivity contribution in [1.82, 2.24) is 4.98 Å². The molecule has 1 aromatic heterocycles. The van der Waals surface area contributed by atoms with E-state index in [1.165, 1.54) is 69.2 Å². The summed E-state index contributed by atoms with van der Waals surface area (Å²) >= 11 is -1.32. The van der Waals surface area contributed by atoms with E-state index >= 15 is 0 Å². The number of carbonyl (C=O) groups excluding carboxylic acids is 1. The molecule has 0 spiro atoms. The summed E-state index contributed by atoms with van der Waals surface area (Å²) in [5, 5.41) is 0.874. The average molecular weight is 1030 g/mol. The minimum atomic E-state index is -2.52. The molecule has 0 amide bonds. The number of thioether (sulfide) groups is 1. The molecule has 0 radical (unpaired) electrons. The van der Waals surface area contributed by atoms with Crippen molar-refractivity contribution >= 4 is 60.0 Å². The Morgan fingerprint density at radius 2 is 1.38 bits per heavy atom. The molecule has 0 saturated heterocycles. The monoisotopic (exact) mass is 1030 g/mol. The van der Waals surface area contributed by atoms with Gasteiger partial charge in [-0.2, -0.15) is 0 Å². The Balaban J connectivity index is 3.62. The van der Waals surface area contributed by atoms with Crippen molar-refractivity contribution in [2.45, 2.75) is 226 Å². The molecule has 0 bridgehead atoms. The molecular formula is C50H95NO5SSi3Sn. The molecule has 0 aliphatic rings. The van der Waals surface area contributed by atoms with Gasteiger partial charge in [0, 0.05) is 20.9 Å². The maximum atomic E-state index is 13.9. The third kappa shape index (κ3) is 23.6. The van der Waals surface area contributed by atoms with Crippen molar-refractivity contribution in [3.8, 4) is 0 Å². The van der Waals surface area contributed by atoms with Gasteiger partial charge in [0.2, 0.25) is 0 Å². The summed E-state index contributed by atoms with van der Waals surface area (Å²) in [4.78, 5) is 18.3. The summed E-state index contributed by atoms with van der Waals surface area (Å²) in [7, 11) is -5.53. The molecule has 0 fully saturated rings. The second kappa shape index (κ2) is 28.0. The Labute approximate surface area is 389 Å². The zero-order chi connectivity index (χ0) is 46.5. The number of rotatable bonds is 30. The fraction of sp³-hybridized carbons (Fsp3) is 0.760. The SMILES string of the molecule is CCC[CH2][Sn](/[CH]=C/[C@H](C/C=C(C)/C=C/[C@H](C[C@@H](O[Si](C)(C)C(C)(C)C)[C@@H](C)C(=O)Sc1ccccn1)OCOCC[Si](C)(C)C)O[Si](C)(C)C(C)(C)C)([CH2]CCC)[CH2]CCC. The zero-order valence-electron chi connectivity index (χ0n) is 42.8.